The van der Waals surface area contributed by atoms with Crippen molar-refractivity contribution in [3.8, 4) is 5.69 Å². The molecular weight excluding hydrogens is 257 g/mol. The monoisotopic (exact) mass is 273 g/mol. The molecule has 1 N–H and O–H groups in total. The van der Waals surface area contributed by atoms with E-state index in [-0.39, 0.29) is 11.6 Å². The average Bonchev–Trinajstić information content (AvgIpc) is 2.78. The van der Waals surface area contributed by atoms with E-state index in [9.17, 15) is 9.18 Å². The number of carbonyl (C=O) groups is 1. The van der Waals surface area contributed by atoms with Gasteiger partial charge in [0.15, 0.2) is 11.6 Å². The minimum atomic E-state index is -0.284. The average molecular weight is 273 g/mol. The number of hydrogen-bond donors (Lipinski definition) is 1. The molecule has 0 bridgehead atoms. The Bertz CT molecular complexity index is 661. The number of hydrogen-bond acceptors (Lipinski definition) is 3. The Hall–Kier alpha value is -2.17. The van der Waals surface area contributed by atoms with Crippen LogP contribution in [-0.2, 0) is 6.42 Å². The number of ketones is 1. The van der Waals surface area contributed by atoms with Crippen molar-refractivity contribution in [2.75, 3.05) is 12.4 Å². The molecule has 5 heteroatoms. The number of aromatic nitrogens is 2. The highest BCUT2D eigenvalue weighted by molar-refractivity contribution is 6.02. The van der Waals surface area contributed by atoms with Gasteiger partial charge in [0, 0.05) is 13.5 Å². The van der Waals surface area contributed by atoms with Gasteiger partial charge in [-0.3, -0.25) is 4.79 Å². The first-order chi connectivity index (χ1) is 9.60. The van der Waals surface area contributed by atoms with E-state index in [0.717, 1.165) is 17.8 Å². The first-order valence-electron chi connectivity index (χ1n) is 6.69. The third-order valence-corrected chi connectivity index (χ3v) is 3.64. The molecular formula is C15H16FN3O. The van der Waals surface area contributed by atoms with Crippen molar-refractivity contribution in [2.45, 2.75) is 19.8 Å². The van der Waals surface area contributed by atoms with Crippen molar-refractivity contribution >= 4 is 11.6 Å². The summed E-state index contributed by atoms with van der Waals surface area (Å²) in [5, 5.41) is 7.43. The Morgan fingerprint density at radius 3 is 2.65 bits per heavy atom. The summed E-state index contributed by atoms with van der Waals surface area (Å²) in [5.74, 6) is 0.737. The smallest absolute Gasteiger partial charge is 0.168 e. The lowest BCUT2D eigenvalue weighted by Crippen LogP contribution is -2.19. The molecule has 1 heterocycles. The van der Waals surface area contributed by atoms with Crippen LogP contribution in [0.25, 0.3) is 5.69 Å². The molecule has 0 amide bonds. The second-order valence-electron chi connectivity index (χ2n) is 5.25. The van der Waals surface area contributed by atoms with E-state index < -0.39 is 0 Å². The fourth-order valence-corrected chi connectivity index (χ4v) is 2.73. The molecule has 0 saturated carbocycles. The maximum Gasteiger partial charge on any atom is 0.168 e. The topological polar surface area (TPSA) is 46.9 Å². The van der Waals surface area contributed by atoms with E-state index in [0.29, 0.717) is 23.7 Å². The molecule has 0 radical (unpaired) electrons. The molecule has 1 aromatic carbocycles. The summed E-state index contributed by atoms with van der Waals surface area (Å²) in [7, 11) is 1.75. The predicted molar refractivity (Wildman–Crippen MR) is 74.9 cm³/mol. The third kappa shape index (κ3) is 1.99. The summed E-state index contributed by atoms with van der Waals surface area (Å²) in [5.41, 5.74) is 2.35. The lowest BCUT2D eigenvalue weighted by Gasteiger charge is -2.19. The standard InChI is InChI=1S/C15H16FN3O/c1-9-7-12-14(13(20)8-9)15(17-2)18-19(12)11-5-3-10(16)4-6-11/h3-6,9H,7-8H2,1-2H3,(H,17,18)/t9-/m0/s1. The minimum Gasteiger partial charge on any atom is -0.371 e. The summed E-state index contributed by atoms with van der Waals surface area (Å²) < 4.78 is 14.8. The molecule has 0 spiro atoms. The number of benzene rings is 1. The van der Waals surface area contributed by atoms with E-state index >= 15 is 0 Å². The molecule has 0 aliphatic heterocycles. The number of nitrogens with one attached hydrogen (secondary N) is 1. The van der Waals surface area contributed by atoms with Crippen molar-refractivity contribution in [3.63, 3.8) is 0 Å². The zero-order chi connectivity index (χ0) is 14.3. The number of nitrogens with zero attached hydrogens (tertiary/aromatic N) is 2. The van der Waals surface area contributed by atoms with Gasteiger partial charge in [-0.15, -0.1) is 5.10 Å². The Balaban J connectivity index is 2.17. The first kappa shape index (κ1) is 12.8. The third-order valence-electron chi connectivity index (χ3n) is 3.64. The van der Waals surface area contributed by atoms with E-state index in [1.807, 2.05) is 0 Å². The number of carbonyl (C=O) groups excluding carboxylic acids is 1. The van der Waals surface area contributed by atoms with Crippen LogP contribution in [0.4, 0.5) is 10.2 Å². The fourth-order valence-electron chi connectivity index (χ4n) is 2.73. The van der Waals surface area contributed by atoms with Gasteiger partial charge in [0.2, 0.25) is 0 Å². The summed E-state index contributed by atoms with van der Waals surface area (Å²) >= 11 is 0. The molecule has 104 valence electrons. The van der Waals surface area contributed by atoms with Crippen LogP contribution in [0, 0.1) is 11.7 Å². The van der Waals surface area contributed by atoms with Crippen molar-refractivity contribution in [1.82, 2.24) is 9.78 Å². The van der Waals surface area contributed by atoms with E-state index in [2.05, 4.69) is 17.3 Å². The van der Waals surface area contributed by atoms with Crippen LogP contribution in [-0.4, -0.2) is 22.6 Å². The van der Waals surface area contributed by atoms with E-state index in [4.69, 9.17) is 0 Å². The molecule has 20 heavy (non-hydrogen) atoms. The van der Waals surface area contributed by atoms with Gasteiger partial charge < -0.3 is 5.32 Å². The first-order valence-corrected chi connectivity index (χ1v) is 6.69. The van der Waals surface area contributed by atoms with Gasteiger partial charge in [0.1, 0.15) is 5.82 Å². The summed E-state index contributed by atoms with van der Waals surface area (Å²) in [6, 6.07) is 6.14. The van der Waals surface area contributed by atoms with Gasteiger partial charge in [-0.2, -0.15) is 0 Å². The quantitative estimate of drug-likeness (QED) is 0.915. The normalized spacial score (nSPS) is 17.9. The van der Waals surface area contributed by atoms with Crippen LogP contribution in [0.2, 0.25) is 0 Å². The Morgan fingerprint density at radius 2 is 2.00 bits per heavy atom. The summed E-state index contributed by atoms with van der Waals surface area (Å²) in [4.78, 5) is 12.2. The second kappa shape index (κ2) is 4.74. The summed E-state index contributed by atoms with van der Waals surface area (Å²) in [6.45, 7) is 2.06. The van der Waals surface area contributed by atoms with E-state index in [1.54, 1.807) is 23.9 Å². The lowest BCUT2D eigenvalue weighted by molar-refractivity contribution is 0.0953. The molecule has 0 unspecified atom stereocenters. The molecule has 1 aromatic heterocycles. The predicted octanol–water partition coefficient (Wildman–Crippen LogP) is 2.82. The van der Waals surface area contributed by atoms with Crippen molar-refractivity contribution < 1.29 is 9.18 Å². The van der Waals surface area contributed by atoms with Crippen molar-refractivity contribution in [3.05, 3.63) is 41.3 Å². The maximum absolute atomic E-state index is 13.0. The molecule has 2 aromatic rings. The van der Waals surface area contributed by atoms with E-state index in [1.165, 1.54) is 12.1 Å². The van der Waals surface area contributed by atoms with Gasteiger partial charge in [-0.05, 0) is 36.6 Å². The SMILES string of the molecule is CNc1nn(-c2ccc(F)cc2)c2c1C(=O)C[C@@H](C)C2. The molecule has 0 saturated heterocycles. The Labute approximate surface area is 116 Å². The second-order valence-corrected chi connectivity index (χ2v) is 5.25. The number of rotatable bonds is 2. The zero-order valence-corrected chi connectivity index (χ0v) is 11.5. The van der Waals surface area contributed by atoms with Crippen LogP contribution >= 0.6 is 0 Å². The highest BCUT2D eigenvalue weighted by Gasteiger charge is 2.30. The van der Waals surface area contributed by atoms with Crippen LogP contribution in [0.1, 0.15) is 29.4 Å². The number of fused-ring (bicyclic) bond motifs is 1. The fraction of sp³-hybridized carbons (Fsp3) is 0.333. The van der Waals surface area contributed by atoms with Crippen LogP contribution in [0.5, 0.6) is 0 Å². The van der Waals surface area contributed by atoms with Gasteiger partial charge in [0.05, 0.1) is 16.9 Å². The van der Waals surface area contributed by atoms with Crippen LogP contribution < -0.4 is 5.32 Å². The van der Waals surface area contributed by atoms with Gasteiger partial charge in [-0.25, -0.2) is 9.07 Å². The molecule has 1 atom stereocenters. The van der Waals surface area contributed by atoms with Crippen LogP contribution in [0.3, 0.4) is 0 Å². The van der Waals surface area contributed by atoms with Gasteiger partial charge in [-0.1, -0.05) is 6.92 Å². The van der Waals surface area contributed by atoms with Gasteiger partial charge in [0.25, 0.3) is 0 Å². The number of anilines is 1. The highest BCUT2D eigenvalue weighted by Crippen LogP contribution is 2.32. The molecule has 0 fully saturated rings. The number of halogens is 1. The molecule has 3 rings (SSSR count). The zero-order valence-electron chi connectivity index (χ0n) is 11.5. The molecule has 1 aliphatic carbocycles. The van der Waals surface area contributed by atoms with Gasteiger partial charge >= 0.3 is 0 Å². The number of Topliss-reactive ketones (excluding diaryl/α,β-unsaturated/α-hetero) is 1. The Kier molecular flexibility index (Phi) is 3.04. The minimum absolute atomic E-state index is 0.122. The summed E-state index contributed by atoms with van der Waals surface area (Å²) in [6.07, 6.45) is 1.35. The lowest BCUT2D eigenvalue weighted by atomic mass is 9.88. The van der Waals surface area contributed by atoms with Crippen LogP contribution in [0.15, 0.2) is 24.3 Å². The Morgan fingerprint density at radius 1 is 1.30 bits per heavy atom. The van der Waals surface area contributed by atoms with Crippen molar-refractivity contribution in [2.24, 2.45) is 5.92 Å². The highest BCUT2D eigenvalue weighted by atomic mass is 19.1. The largest absolute Gasteiger partial charge is 0.371 e. The maximum atomic E-state index is 13.0. The van der Waals surface area contributed by atoms with Crippen molar-refractivity contribution in [1.29, 1.82) is 0 Å². The molecule has 4 nitrogen and oxygen atoms in total. The molecule has 1 aliphatic rings.